The van der Waals surface area contributed by atoms with E-state index in [1.54, 1.807) is 6.07 Å². The first-order chi connectivity index (χ1) is 11.6. The molecule has 0 fully saturated rings. The van der Waals surface area contributed by atoms with Crippen molar-refractivity contribution in [3.05, 3.63) is 64.4 Å². The zero-order valence-electron chi connectivity index (χ0n) is 13.1. The second-order valence-corrected chi connectivity index (χ2v) is 6.19. The van der Waals surface area contributed by atoms with Crippen LogP contribution in [0, 0.1) is 0 Å². The van der Waals surface area contributed by atoms with Crippen LogP contribution in [0.25, 0.3) is 0 Å². The number of carbonyl (C=O) groups excluding carboxylic acids is 2. The van der Waals surface area contributed by atoms with E-state index < -0.39 is 5.91 Å². The fraction of sp³-hybridized carbons (Fsp3) is 0.278. The summed E-state index contributed by atoms with van der Waals surface area (Å²) in [6, 6.07) is 11.2. The smallest absolute Gasteiger partial charge is 0.270 e. The van der Waals surface area contributed by atoms with E-state index in [0.717, 1.165) is 19.3 Å². The van der Waals surface area contributed by atoms with Crippen LogP contribution in [0.2, 0.25) is 5.02 Å². The molecule has 1 aromatic carbocycles. The Labute approximate surface area is 145 Å². The van der Waals surface area contributed by atoms with E-state index in [4.69, 9.17) is 11.6 Å². The van der Waals surface area contributed by atoms with Crippen molar-refractivity contribution >= 4 is 23.4 Å². The van der Waals surface area contributed by atoms with Crippen LogP contribution in [0.4, 0.5) is 0 Å². The zero-order valence-corrected chi connectivity index (χ0v) is 13.8. The molecule has 24 heavy (non-hydrogen) atoms. The van der Waals surface area contributed by atoms with Crippen LogP contribution in [0.5, 0.6) is 0 Å². The molecule has 1 aliphatic rings. The van der Waals surface area contributed by atoms with Gasteiger partial charge in [-0.15, -0.1) is 0 Å². The van der Waals surface area contributed by atoms with Gasteiger partial charge in [-0.2, -0.15) is 0 Å². The number of aromatic nitrogens is 1. The maximum atomic E-state index is 12.2. The van der Waals surface area contributed by atoms with Crippen molar-refractivity contribution < 1.29 is 9.59 Å². The Morgan fingerprint density at radius 3 is 2.92 bits per heavy atom. The number of hydrogen-bond acceptors (Lipinski definition) is 3. The van der Waals surface area contributed by atoms with Crippen LogP contribution in [-0.2, 0) is 11.2 Å². The Bertz CT molecular complexity index is 763. The average Bonchev–Trinajstić information content (AvgIpc) is 2.60. The molecule has 0 radical (unpaired) electrons. The van der Waals surface area contributed by atoms with E-state index in [0.29, 0.717) is 5.02 Å². The summed E-state index contributed by atoms with van der Waals surface area (Å²) in [5, 5.41) is 5.99. The summed E-state index contributed by atoms with van der Waals surface area (Å²) < 4.78 is 0. The van der Waals surface area contributed by atoms with Crippen LogP contribution in [0.3, 0.4) is 0 Å². The highest BCUT2D eigenvalue weighted by atomic mass is 35.5. The summed E-state index contributed by atoms with van der Waals surface area (Å²) in [6.07, 6.45) is 4.45. The number of rotatable bonds is 4. The molecule has 1 heterocycles. The highest BCUT2D eigenvalue weighted by Gasteiger charge is 2.21. The van der Waals surface area contributed by atoms with Crippen molar-refractivity contribution in [1.82, 2.24) is 15.6 Å². The fourth-order valence-corrected chi connectivity index (χ4v) is 3.09. The monoisotopic (exact) mass is 343 g/mol. The Morgan fingerprint density at radius 1 is 1.25 bits per heavy atom. The van der Waals surface area contributed by atoms with Crippen LogP contribution < -0.4 is 10.6 Å². The molecular formula is C18H18ClN3O2. The first kappa shape index (κ1) is 16.5. The van der Waals surface area contributed by atoms with Crippen molar-refractivity contribution in [2.45, 2.75) is 25.3 Å². The normalized spacial score (nSPS) is 16.1. The molecule has 1 aromatic heterocycles. The molecule has 1 atom stereocenters. The molecule has 5 nitrogen and oxygen atoms in total. The van der Waals surface area contributed by atoms with E-state index in [-0.39, 0.29) is 24.2 Å². The first-order valence-corrected chi connectivity index (χ1v) is 8.28. The van der Waals surface area contributed by atoms with Gasteiger partial charge in [0.2, 0.25) is 5.91 Å². The zero-order chi connectivity index (χ0) is 16.9. The van der Waals surface area contributed by atoms with E-state index >= 15 is 0 Å². The second kappa shape index (κ2) is 7.45. The molecule has 0 aliphatic heterocycles. The maximum Gasteiger partial charge on any atom is 0.270 e. The minimum absolute atomic E-state index is 0.00338. The summed E-state index contributed by atoms with van der Waals surface area (Å²) >= 11 is 5.83. The molecule has 0 spiro atoms. The molecule has 0 unspecified atom stereocenters. The lowest BCUT2D eigenvalue weighted by molar-refractivity contribution is -0.121. The van der Waals surface area contributed by atoms with Crippen LogP contribution in [0.15, 0.2) is 42.6 Å². The third-order valence-electron chi connectivity index (χ3n) is 4.07. The van der Waals surface area contributed by atoms with Crippen molar-refractivity contribution in [3.8, 4) is 0 Å². The van der Waals surface area contributed by atoms with E-state index in [1.807, 2.05) is 18.2 Å². The summed E-state index contributed by atoms with van der Waals surface area (Å²) in [7, 11) is 0. The summed E-state index contributed by atoms with van der Waals surface area (Å²) in [4.78, 5) is 28.1. The molecule has 3 rings (SSSR count). The topological polar surface area (TPSA) is 71.1 Å². The largest absolute Gasteiger partial charge is 0.348 e. The Hall–Kier alpha value is -2.40. The first-order valence-electron chi connectivity index (χ1n) is 7.90. The van der Waals surface area contributed by atoms with Crippen LogP contribution in [0.1, 0.15) is 40.5 Å². The predicted octanol–water partition coefficient (Wildman–Crippen LogP) is 2.66. The highest BCUT2D eigenvalue weighted by Crippen LogP contribution is 2.29. The molecule has 1 aliphatic carbocycles. The standard InChI is InChI=1S/C18H18ClN3O2/c19-13-8-9-20-16(10-13)18(24)21-11-17(23)22-15-7-3-5-12-4-1-2-6-14(12)15/h1-2,4,6,8-10,15H,3,5,7,11H2,(H,21,24)(H,22,23)/t15-/m1/s1. The van der Waals surface area contributed by atoms with E-state index in [2.05, 4.69) is 21.7 Å². The minimum atomic E-state index is -0.420. The summed E-state index contributed by atoms with van der Waals surface area (Å²) in [5.41, 5.74) is 2.64. The van der Waals surface area contributed by atoms with Crippen molar-refractivity contribution in [2.24, 2.45) is 0 Å². The Balaban J connectivity index is 1.56. The van der Waals surface area contributed by atoms with E-state index in [1.165, 1.54) is 23.4 Å². The Morgan fingerprint density at radius 2 is 2.08 bits per heavy atom. The molecular weight excluding hydrogens is 326 g/mol. The predicted molar refractivity (Wildman–Crippen MR) is 91.8 cm³/mol. The molecule has 0 bridgehead atoms. The van der Waals surface area contributed by atoms with Gasteiger partial charge in [-0.05, 0) is 42.5 Å². The quantitative estimate of drug-likeness (QED) is 0.896. The maximum absolute atomic E-state index is 12.2. The highest BCUT2D eigenvalue weighted by molar-refractivity contribution is 6.30. The van der Waals surface area contributed by atoms with Crippen molar-refractivity contribution in [2.75, 3.05) is 6.54 Å². The lowest BCUT2D eigenvalue weighted by atomic mass is 9.88. The number of halogens is 1. The average molecular weight is 344 g/mol. The van der Waals surface area contributed by atoms with Gasteiger partial charge in [0.25, 0.3) is 5.91 Å². The molecule has 124 valence electrons. The lowest BCUT2D eigenvalue weighted by Crippen LogP contribution is -2.39. The SMILES string of the molecule is O=C(CNC(=O)c1cc(Cl)ccn1)N[C@@H]1CCCc2ccccc21. The number of nitrogens with one attached hydrogen (secondary N) is 2. The number of nitrogens with zero attached hydrogens (tertiary/aromatic N) is 1. The third-order valence-corrected chi connectivity index (χ3v) is 4.30. The van der Waals surface area contributed by atoms with Crippen LogP contribution >= 0.6 is 11.6 Å². The molecule has 0 saturated heterocycles. The second-order valence-electron chi connectivity index (χ2n) is 5.75. The van der Waals surface area contributed by atoms with Crippen molar-refractivity contribution in [3.63, 3.8) is 0 Å². The number of pyridine rings is 1. The number of aryl methyl sites for hydroxylation is 1. The van der Waals surface area contributed by atoms with Gasteiger partial charge in [0.15, 0.2) is 0 Å². The van der Waals surface area contributed by atoms with Gasteiger partial charge in [0.1, 0.15) is 5.69 Å². The minimum Gasteiger partial charge on any atom is -0.348 e. The number of fused-ring (bicyclic) bond motifs is 1. The van der Waals surface area contributed by atoms with Gasteiger partial charge in [-0.25, -0.2) is 0 Å². The van der Waals surface area contributed by atoms with Gasteiger partial charge in [0, 0.05) is 11.2 Å². The summed E-state index contributed by atoms with van der Waals surface area (Å²) in [6.45, 7) is -0.0916. The number of benzene rings is 1. The molecule has 0 saturated carbocycles. The number of hydrogen-bond donors (Lipinski definition) is 2. The van der Waals surface area contributed by atoms with Crippen LogP contribution in [-0.4, -0.2) is 23.3 Å². The Kier molecular flexibility index (Phi) is 5.11. The summed E-state index contributed by atoms with van der Waals surface area (Å²) in [5.74, 6) is -0.635. The van der Waals surface area contributed by atoms with Crippen molar-refractivity contribution in [1.29, 1.82) is 0 Å². The third kappa shape index (κ3) is 3.92. The number of amides is 2. The van der Waals surface area contributed by atoms with E-state index in [9.17, 15) is 9.59 Å². The molecule has 2 amide bonds. The van der Waals surface area contributed by atoms with Gasteiger partial charge < -0.3 is 10.6 Å². The lowest BCUT2D eigenvalue weighted by Gasteiger charge is -2.26. The van der Waals surface area contributed by atoms with Gasteiger partial charge in [-0.3, -0.25) is 14.6 Å². The van der Waals surface area contributed by atoms with Gasteiger partial charge >= 0.3 is 0 Å². The van der Waals surface area contributed by atoms with Gasteiger partial charge in [-0.1, -0.05) is 35.9 Å². The molecule has 6 heteroatoms. The molecule has 2 N–H and O–H groups in total. The van der Waals surface area contributed by atoms with Gasteiger partial charge in [0.05, 0.1) is 12.6 Å². The number of carbonyl (C=O) groups is 2. The molecule has 2 aromatic rings. The fourth-order valence-electron chi connectivity index (χ4n) is 2.93.